The van der Waals surface area contributed by atoms with E-state index < -0.39 is 5.72 Å². The lowest BCUT2D eigenvalue weighted by Crippen LogP contribution is -2.50. The molecule has 0 radical (unpaired) electrons. The first-order valence-electron chi connectivity index (χ1n) is 9.22. The van der Waals surface area contributed by atoms with Crippen LogP contribution in [0, 0.1) is 5.92 Å². The molecule has 2 aromatic heterocycles. The van der Waals surface area contributed by atoms with Gasteiger partial charge in [0.05, 0.1) is 29.9 Å². The van der Waals surface area contributed by atoms with E-state index >= 15 is 0 Å². The Balaban J connectivity index is 1.45. The Labute approximate surface area is 147 Å². The summed E-state index contributed by atoms with van der Waals surface area (Å²) in [6.45, 7) is 6.78. The lowest BCUT2D eigenvalue weighted by atomic mass is 10.0. The fourth-order valence-corrected chi connectivity index (χ4v) is 4.98. The lowest BCUT2D eigenvalue weighted by Gasteiger charge is -2.34. The molecule has 0 aromatic carbocycles. The number of pyridine rings is 1. The molecule has 0 saturated carbocycles. The number of amides is 1. The second-order valence-corrected chi connectivity index (χ2v) is 7.86. The summed E-state index contributed by atoms with van der Waals surface area (Å²) in [5, 5.41) is 4.44. The van der Waals surface area contributed by atoms with Gasteiger partial charge in [0, 0.05) is 32.1 Å². The Kier molecular flexibility index (Phi) is 3.24. The van der Waals surface area contributed by atoms with Crippen molar-refractivity contribution in [1.82, 2.24) is 19.4 Å². The van der Waals surface area contributed by atoms with Crippen molar-refractivity contribution in [3.63, 3.8) is 0 Å². The maximum absolute atomic E-state index is 12.7. The van der Waals surface area contributed by atoms with Gasteiger partial charge < -0.3 is 9.64 Å². The Bertz CT molecular complexity index is 832. The first-order chi connectivity index (χ1) is 12.1. The number of hydrogen-bond donors (Lipinski definition) is 0. The summed E-state index contributed by atoms with van der Waals surface area (Å²) in [7, 11) is 0. The number of carbonyl (C=O) groups is 1. The summed E-state index contributed by atoms with van der Waals surface area (Å²) >= 11 is 0. The van der Waals surface area contributed by atoms with Gasteiger partial charge in [0.2, 0.25) is 5.91 Å². The molecular formula is C19H24N4O2. The van der Waals surface area contributed by atoms with E-state index in [0.717, 1.165) is 30.7 Å². The van der Waals surface area contributed by atoms with Crippen molar-refractivity contribution < 1.29 is 9.53 Å². The molecule has 3 fully saturated rings. The van der Waals surface area contributed by atoms with Crippen molar-refractivity contribution in [2.75, 3.05) is 13.2 Å². The monoisotopic (exact) mass is 340 g/mol. The summed E-state index contributed by atoms with van der Waals surface area (Å²) in [5.74, 6) is 0.678. The van der Waals surface area contributed by atoms with Crippen LogP contribution in [0.15, 0.2) is 30.5 Å². The molecule has 0 unspecified atom stereocenters. The van der Waals surface area contributed by atoms with Gasteiger partial charge in [-0.1, -0.05) is 19.9 Å². The average molecular weight is 340 g/mol. The Morgan fingerprint density at radius 2 is 2.24 bits per heavy atom. The zero-order valence-electron chi connectivity index (χ0n) is 14.8. The predicted octanol–water partition coefficient (Wildman–Crippen LogP) is 1.89. The highest BCUT2D eigenvalue weighted by Gasteiger charge is 2.64. The number of fused-ring (bicyclic) bond motifs is 1. The summed E-state index contributed by atoms with van der Waals surface area (Å²) in [4.78, 5) is 17.2. The third-order valence-electron chi connectivity index (χ3n) is 6.23. The summed E-state index contributed by atoms with van der Waals surface area (Å²) in [6.07, 6.45) is 3.30. The van der Waals surface area contributed by atoms with Crippen molar-refractivity contribution in [2.45, 2.75) is 51.0 Å². The summed E-state index contributed by atoms with van der Waals surface area (Å²) in [6, 6.07) is 8.64. The van der Waals surface area contributed by atoms with Crippen LogP contribution in [0.3, 0.4) is 0 Å². The van der Waals surface area contributed by atoms with E-state index in [-0.39, 0.29) is 18.0 Å². The van der Waals surface area contributed by atoms with Crippen LogP contribution in [0.2, 0.25) is 0 Å². The number of aromatic nitrogens is 2. The maximum atomic E-state index is 12.7. The van der Waals surface area contributed by atoms with Gasteiger partial charge in [0.15, 0.2) is 5.72 Å². The molecule has 1 amide bonds. The molecule has 0 aliphatic carbocycles. The summed E-state index contributed by atoms with van der Waals surface area (Å²) in [5.41, 5.74) is 1.86. The predicted molar refractivity (Wildman–Crippen MR) is 92.8 cm³/mol. The zero-order chi connectivity index (χ0) is 17.2. The topological polar surface area (TPSA) is 50.1 Å². The third kappa shape index (κ3) is 2.04. The lowest BCUT2D eigenvalue weighted by molar-refractivity contribution is -0.139. The molecule has 132 valence electrons. The fourth-order valence-electron chi connectivity index (χ4n) is 4.98. The van der Waals surface area contributed by atoms with Crippen LogP contribution in [0.5, 0.6) is 0 Å². The minimum absolute atomic E-state index is 0.148. The molecule has 3 aliphatic heterocycles. The Morgan fingerprint density at radius 3 is 3.08 bits per heavy atom. The number of carbonyl (C=O) groups excluding carboxylic acids is 1. The summed E-state index contributed by atoms with van der Waals surface area (Å²) < 4.78 is 8.31. The van der Waals surface area contributed by atoms with Gasteiger partial charge in [-0.3, -0.25) is 9.69 Å². The Hall–Kier alpha value is -1.92. The molecule has 0 N–H and O–H groups in total. The Morgan fingerprint density at radius 1 is 1.36 bits per heavy atom. The second-order valence-electron chi connectivity index (χ2n) is 7.86. The van der Waals surface area contributed by atoms with Gasteiger partial charge in [-0.2, -0.15) is 5.10 Å². The van der Waals surface area contributed by atoms with Crippen molar-refractivity contribution in [2.24, 2.45) is 5.92 Å². The van der Waals surface area contributed by atoms with Crippen LogP contribution < -0.4 is 0 Å². The first-order valence-corrected chi connectivity index (χ1v) is 9.22. The van der Waals surface area contributed by atoms with Gasteiger partial charge in [-0.05, 0) is 24.1 Å². The standard InChI is InChI=1S/C19H24N4O2/c1-13(2)16-12-25-19-7-9-21(17(19)10-18(24)22(16)19)11-15-5-3-4-14-6-8-20-23(14)15/h3-6,8,13,16-17H,7,9-12H2,1-2H3/t16-,17+,19-/m0/s1. The van der Waals surface area contributed by atoms with Crippen LogP contribution in [-0.4, -0.2) is 56.3 Å². The molecule has 3 saturated heterocycles. The molecule has 6 heteroatoms. The van der Waals surface area contributed by atoms with Crippen LogP contribution in [0.25, 0.3) is 5.52 Å². The smallest absolute Gasteiger partial charge is 0.226 e. The number of nitrogens with zero attached hydrogens (tertiary/aromatic N) is 4. The van der Waals surface area contributed by atoms with E-state index in [1.165, 1.54) is 0 Å². The molecule has 0 bridgehead atoms. The molecule has 5 rings (SSSR count). The molecule has 3 atom stereocenters. The van der Waals surface area contributed by atoms with E-state index in [2.05, 4.69) is 46.9 Å². The largest absolute Gasteiger partial charge is 0.352 e. The normalized spacial score (nSPS) is 32.1. The van der Waals surface area contributed by atoms with Crippen LogP contribution in [0.1, 0.15) is 32.4 Å². The fraction of sp³-hybridized carbons (Fsp3) is 0.579. The molecule has 3 aliphatic rings. The SMILES string of the molecule is CC(C)[C@@H]1CO[C@@]23CCN(Cc4cccc5ccnn45)[C@@H]2CC(=O)N13. The number of rotatable bonds is 3. The highest BCUT2D eigenvalue weighted by Crippen LogP contribution is 2.49. The average Bonchev–Trinajstić information content (AvgIpc) is 3.31. The molecule has 25 heavy (non-hydrogen) atoms. The zero-order valence-corrected chi connectivity index (χ0v) is 14.8. The third-order valence-corrected chi connectivity index (χ3v) is 6.23. The molecular weight excluding hydrogens is 316 g/mol. The molecule has 2 aromatic rings. The second kappa shape index (κ2) is 5.29. The van der Waals surface area contributed by atoms with Crippen LogP contribution in [0.4, 0.5) is 0 Å². The van der Waals surface area contributed by atoms with Gasteiger partial charge in [-0.15, -0.1) is 0 Å². The molecule has 5 heterocycles. The van der Waals surface area contributed by atoms with Gasteiger partial charge in [0.25, 0.3) is 0 Å². The molecule has 1 spiro atoms. The molecule has 6 nitrogen and oxygen atoms in total. The van der Waals surface area contributed by atoms with Gasteiger partial charge in [-0.25, -0.2) is 4.52 Å². The van der Waals surface area contributed by atoms with E-state index in [4.69, 9.17) is 4.74 Å². The minimum Gasteiger partial charge on any atom is -0.352 e. The van der Waals surface area contributed by atoms with Crippen molar-refractivity contribution in [3.8, 4) is 0 Å². The van der Waals surface area contributed by atoms with Crippen molar-refractivity contribution in [1.29, 1.82) is 0 Å². The quantitative estimate of drug-likeness (QED) is 0.856. The minimum atomic E-state index is -0.399. The first kappa shape index (κ1) is 15.3. The van der Waals surface area contributed by atoms with Crippen molar-refractivity contribution in [3.05, 3.63) is 36.2 Å². The highest BCUT2D eigenvalue weighted by atomic mass is 16.5. The van der Waals surface area contributed by atoms with Gasteiger partial charge >= 0.3 is 0 Å². The number of hydrogen-bond acceptors (Lipinski definition) is 4. The van der Waals surface area contributed by atoms with E-state index in [1.807, 2.05) is 16.8 Å². The van der Waals surface area contributed by atoms with Crippen molar-refractivity contribution >= 4 is 11.4 Å². The number of ether oxygens (including phenoxy) is 1. The van der Waals surface area contributed by atoms with Crippen LogP contribution in [-0.2, 0) is 16.1 Å². The maximum Gasteiger partial charge on any atom is 0.226 e. The van der Waals surface area contributed by atoms with E-state index in [9.17, 15) is 4.79 Å². The van der Waals surface area contributed by atoms with E-state index in [0.29, 0.717) is 18.9 Å². The van der Waals surface area contributed by atoms with Crippen LogP contribution >= 0.6 is 0 Å². The van der Waals surface area contributed by atoms with Gasteiger partial charge in [0.1, 0.15) is 0 Å². The highest BCUT2D eigenvalue weighted by molar-refractivity contribution is 5.82. The van der Waals surface area contributed by atoms with E-state index in [1.54, 1.807) is 0 Å². The number of likely N-dealkylation sites (tertiary alicyclic amines) is 1.